The molecule has 1 aromatic heterocycles. The summed E-state index contributed by atoms with van der Waals surface area (Å²) < 4.78 is 2.43. The maximum atomic E-state index is 2.43. The molecular formula is C50H42N2. The summed E-state index contributed by atoms with van der Waals surface area (Å²) in [4.78, 5) is 2.40. The molecule has 2 aliphatic carbocycles. The van der Waals surface area contributed by atoms with Crippen molar-refractivity contribution < 1.29 is 0 Å². The van der Waals surface area contributed by atoms with Crippen LogP contribution in [0.4, 0.5) is 11.4 Å². The molecule has 2 aliphatic rings. The molecule has 2 nitrogen and oxygen atoms in total. The number of anilines is 2. The molecule has 0 saturated heterocycles. The zero-order valence-corrected chi connectivity index (χ0v) is 29.9. The predicted molar refractivity (Wildman–Crippen MR) is 221 cm³/mol. The molecule has 0 N–H and O–H groups in total. The summed E-state index contributed by atoms with van der Waals surface area (Å²) in [5.41, 5.74) is 18.9. The average molecular weight is 671 g/mol. The molecule has 0 radical (unpaired) electrons. The Bertz CT molecular complexity index is 2510. The number of fused-ring (bicyclic) bond motifs is 3. The molecule has 0 atom stereocenters. The molecule has 0 unspecified atom stereocenters. The maximum absolute atomic E-state index is 2.43. The first kappa shape index (κ1) is 31.8. The van der Waals surface area contributed by atoms with Crippen molar-refractivity contribution in [3.63, 3.8) is 0 Å². The Balaban J connectivity index is 1.03. The Morgan fingerprint density at radius 1 is 0.558 bits per heavy atom. The van der Waals surface area contributed by atoms with Gasteiger partial charge >= 0.3 is 0 Å². The first-order chi connectivity index (χ1) is 25.6. The van der Waals surface area contributed by atoms with Crippen LogP contribution in [0.1, 0.15) is 41.6 Å². The lowest BCUT2D eigenvalue weighted by atomic mass is 9.92. The summed E-state index contributed by atoms with van der Waals surface area (Å²) >= 11 is 0. The van der Waals surface area contributed by atoms with Crippen LogP contribution in [-0.2, 0) is 6.42 Å². The van der Waals surface area contributed by atoms with Crippen molar-refractivity contribution in [2.75, 3.05) is 4.90 Å². The molecule has 0 fully saturated rings. The lowest BCUT2D eigenvalue weighted by molar-refractivity contribution is 0.967. The van der Waals surface area contributed by atoms with Crippen LogP contribution in [0.15, 0.2) is 170 Å². The lowest BCUT2D eigenvalue weighted by Gasteiger charge is -2.30. The van der Waals surface area contributed by atoms with E-state index in [9.17, 15) is 0 Å². The van der Waals surface area contributed by atoms with E-state index in [4.69, 9.17) is 0 Å². The highest BCUT2D eigenvalue weighted by Crippen LogP contribution is 2.40. The Hall–Kier alpha value is -6.12. The van der Waals surface area contributed by atoms with Crippen LogP contribution >= 0.6 is 0 Å². The Morgan fingerprint density at radius 3 is 1.98 bits per heavy atom. The zero-order valence-electron chi connectivity index (χ0n) is 29.9. The summed E-state index contributed by atoms with van der Waals surface area (Å²) in [7, 11) is 0. The highest BCUT2D eigenvalue weighted by molar-refractivity contribution is 5.94. The van der Waals surface area contributed by atoms with Crippen molar-refractivity contribution in [2.24, 2.45) is 0 Å². The van der Waals surface area contributed by atoms with Crippen molar-refractivity contribution in [1.82, 2.24) is 4.57 Å². The SMILES string of the molecule is Cc1cc(-c2ccc(-c3ccc4c5c(n(-c6ccccc6)c4c3)C=CCC5)cc2)ccc1-c1cccc(N(C2=CCCC=C2)c2ccccc2)c1C. The van der Waals surface area contributed by atoms with Gasteiger partial charge in [0, 0.05) is 33.8 Å². The number of para-hydroxylation sites is 2. The molecule has 6 aromatic carbocycles. The third-order valence-electron chi connectivity index (χ3n) is 10.8. The second-order valence-corrected chi connectivity index (χ2v) is 14.0. The van der Waals surface area contributed by atoms with E-state index in [1.165, 1.54) is 89.4 Å². The van der Waals surface area contributed by atoms with Crippen molar-refractivity contribution >= 4 is 28.4 Å². The summed E-state index contributed by atoms with van der Waals surface area (Å²) in [6, 6.07) is 51.2. The van der Waals surface area contributed by atoms with Gasteiger partial charge < -0.3 is 9.47 Å². The monoisotopic (exact) mass is 670 g/mol. The lowest BCUT2D eigenvalue weighted by Crippen LogP contribution is -2.17. The molecule has 0 aliphatic heterocycles. The van der Waals surface area contributed by atoms with Crippen molar-refractivity contribution in [2.45, 2.75) is 39.5 Å². The van der Waals surface area contributed by atoms with Crippen molar-refractivity contribution in [3.8, 4) is 39.1 Å². The number of nitrogens with zero attached hydrogens (tertiary/aromatic N) is 2. The van der Waals surface area contributed by atoms with Gasteiger partial charge in [-0.1, -0.05) is 121 Å². The van der Waals surface area contributed by atoms with E-state index < -0.39 is 0 Å². The maximum Gasteiger partial charge on any atom is 0.0543 e. The number of benzene rings is 6. The van der Waals surface area contributed by atoms with Gasteiger partial charge in [-0.3, -0.25) is 0 Å². The highest BCUT2D eigenvalue weighted by atomic mass is 15.1. The largest absolute Gasteiger partial charge is 0.311 e. The fourth-order valence-corrected chi connectivity index (χ4v) is 8.20. The first-order valence-electron chi connectivity index (χ1n) is 18.6. The number of hydrogen-bond donors (Lipinski definition) is 0. The molecule has 7 aromatic rings. The van der Waals surface area contributed by atoms with Crippen LogP contribution in [0, 0.1) is 13.8 Å². The summed E-state index contributed by atoms with van der Waals surface area (Å²) in [5, 5.41) is 1.36. The fraction of sp³-hybridized carbons (Fsp3) is 0.120. The van der Waals surface area contributed by atoms with E-state index in [1.807, 2.05) is 0 Å². The molecule has 52 heavy (non-hydrogen) atoms. The van der Waals surface area contributed by atoms with Crippen LogP contribution in [0.5, 0.6) is 0 Å². The number of aryl methyl sites for hydroxylation is 2. The minimum Gasteiger partial charge on any atom is -0.311 e. The molecule has 2 heteroatoms. The Kier molecular flexibility index (Phi) is 8.29. The minimum atomic E-state index is 1.06. The minimum absolute atomic E-state index is 1.06. The molecule has 0 spiro atoms. The van der Waals surface area contributed by atoms with Crippen LogP contribution < -0.4 is 4.90 Å². The van der Waals surface area contributed by atoms with Crippen LogP contribution in [0.2, 0.25) is 0 Å². The molecule has 0 saturated carbocycles. The number of rotatable bonds is 7. The van der Waals surface area contributed by atoms with E-state index in [0.717, 1.165) is 25.7 Å². The molecule has 0 bridgehead atoms. The van der Waals surface area contributed by atoms with Gasteiger partial charge in [0.05, 0.1) is 5.52 Å². The number of allylic oxidation sites excluding steroid dienone is 4. The summed E-state index contributed by atoms with van der Waals surface area (Å²) in [6.07, 6.45) is 15.9. The van der Waals surface area contributed by atoms with Gasteiger partial charge in [0.2, 0.25) is 0 Å². The van der Waals surface area contributed by atoms with Gasteiger partial charge in [0.1, 0.15) is 0 Å². The first-order valence-corrected chi connectivity index (χ1v) is 18.6. The van der Waals surface area contributed by atoms with Gasteiger partial charge in [0.15, 0.2) is 0 Å². The van der Waals surface area contributed by atoms with E-state index in [-0.39, 0.29) is 0 Å². The second-order valence-electron chi connectivity index (χ2n) is 14.0. The van der Waals surface area contributed by atoms with Crippen LogP contribution in [-0.4, -0.2) is 4.57 Å². The second kappa shape index (κ2) is 13.5. The third kappa shape index (κ3) is 5.71. The standard InChI is InChI=1S/C50H42N2/c1-35-33-39(29-31-44(35)45-22-14-24-48(36(45)2)51(41-15-6-3-7-16-41)42-17-8-4-9-18-42)37-25-27-38(28-26-37)40-30-32-47-46-21-12-13-23-49(46)52(50(47)34-40)43-19-10-5-11-20-43/h3,5-8,10-11,13-20,22-34H,4,9,12,21H2,1-2H3. The Labute approximate surface area is 307 Å². The molecule has 1 heterocycles. The zero-order chi connectivity index (χ0) is 35.0. The van der Waals surface area contributed by atoms with Crippen LogP contribution in [0.3, 0.4) is 0 Å². The third-order valence-corrected chi connectivity index (χ3v) is 10.8. The smallest absolute Gasteiger partial charge is 0.0543 e. The Morgan fingerprint density at radius 2 is 1.25 bits per heavy atom. The normalized spacial score (nSPS) is 13.6. The fourth-order valence-electron chi connectivity index (χ4n) is 8.20. The predicted octanol–water partition coefficient (Wildman–Crippen LogP) is 13.6. The highest BCUT2D eigenvalue weighted by Gasteiger charge is 2.20. The van der Waals surface area contributed by atoms with E-state index >= 15 is 0 Å². The van der Waals surface area contributed by atoms with Gasteiger partial charge in [-0.15, -0.1) is 0 Å². The van der Waals surface area contributed by atoms with E-state index in [1.54, 1.807) is 0 Å². The topological polar surface area (TPSA) is 8.17 Å². The van der Waals surface area contributed by atoms with Gasteiger partial charge in [-0.2, -0.15) is 0 Å². The van der Waals surface area contributed by atoms with Crippen molar-refractivity contribution in [3.05, 3.63) is 192 Å². The van der Waals surface area contributed by atoms with Gasteiger partial charge in [-0.05, 0) is 138 Å². The van der Waals surface area contributed by atoms with Crippen molar-refractivity contribution in [1.29, 1.82) is 0 Å². The molecule has 252 valence electrons. The number of hydrogen-bond acceptors (Lipinski definition) is 1. The van der Waals surface area contributed by atoms with Gasteiger partial charge in [0.25, 0.3) is 0 Å². The molecule has 0 amide bonds. The summed E-state index contributed by atoms with van der Waals surface area (Å²) in [5.74, 6) is 0. The van der Waals surface area contributed by atoms with E-state index in [0.29, 0.717) is 0 Å². The van der Waals surface area contributed by atoms with Gasteiger partial charge in [-0.25, -0.2) is 0 Å². The average Bonchev–Trinajstić information content (AvgIpc) is 3.54. The molecular weight excluding hydrogens is 629 g/mol. The van der Waals surface area contributed by atoms with Crippen LogP contribution in [0.25, 0.3) is 56.0 Å². The quantitative estimate of drug-likeness (QED) is 0.164. The molecule has 9 rings (SSSR count). The summed E-state index contributed by atoms with van der Waals surface area (Å²) in [6.45, 7) is 4.51. The van der Waals surface area contributed by atoms with E-state index in [2.05, 4.69) is 193 Å². The number of aromatic nitrogens is 1.